The zero-order valence-electron chi connectivity index (χ0n) is 13.6. The molecular formula is C16H18N4O4. The maximum absolute atomic E-state index is 12.2. The van der Waals surface area contributed by atoms with E-state index in [2.05, 4.69) is 10.00 Å². The average molecular weight is 330 g/mol. The van der Waals surface area contributed by atoms with E-state index in [0.717, 1.165) is 24.2 Å². The van der Waals surface area contributed by atoms with Crippen molar-refractivity contribution in [3.8, 4) is 5.69 Å². The molecule has 126 valence electrons. The number of carbonyl (C=O) groups excluding carboxylic acids is 1. The number of non-ortho nitro benzene ring substituents is 1. The van der Waals surface area contributed by atoms with Gasteiger partial charge in [0.1, 0.15) is 0 Å². The molecule has 1 aromatic heterocycles. The lowest BCUT2D eigenvalue weighted by Crippen LogP contribution is -2.28. The van der Waals surface area contributed by atoms with Crippen LogP contribution in [0, 0.1) is 10.1 Å². The van der Waals surface area contributed by atoms with Gasteiger partial charge in [-0.1, -0.05) is 0 Å². The molecule has 1 aliphatic rings. The summed E-state index contributed by atoms with van der Waals surface area (Å²) in [5.41, 5.74) is 2.84. The van der Waals surface area contributed by atoms with Crippen LogP contribution in [0.1, 0.15) is 28.7 Å². The first-order chi connectivity index (χ1) is 11.5. The summed E-state index contributed by atoms with van der Waals surface area (Å²) < 4.78 is 6.80. The first-order valence-electron chi connectivity index (χ1n) is 7.72. The Morgan fingerprint density at radius 3 is 2.71 bits per heavy atom. The lowest BCUT2D eigenvalue weighted by atomic mass is 10.1. The number of nitrogens with zero attached hydrogens (tertiary/aromatic N) is 4. The Bertz CT molecular complexity index is 782. The van der Waals surface area contributed by atoms with Crippen LogP contribution < -0.4 is 0 Å². The molecule has 8 heteroatoms. The number of nitro benzene ring substituents is 1. The third-order valence-corrected chi connectivity index (χ3v) is 4.02. The maximum atomic E-state index is 12.2. The van der Waals surface area contributed by atoms with E-state index < -0.39 is 10.9 Å². The number of hydrogen-bond acceptors (Lipinski definition) is 6. The molecule has 0 saturated heterocycles. The van der Waals surface area contributed by atoms with Crippen molar-refractivity contribution in [2.24, 2.45) is 0 Å². The van der Waals surface area contributed by atoms with Gasteiger partial charge in [-0.05, 0) is 26.1 Å². The molecule has 0 saturated carbocycles. The van der Waals surface area contributed by atoms with Gasteiger partial charge in [-0.3, -0.25) is 10.1 Å². The number of ether oxygens (including phenoxy) is 1. The second-order valence-corrected chi connectivity index (χ2v) is 5.67. The largest absolute Gasteiger partial charge is 0.461 e. The minimum atomic E-state index is -0.443. The number of benzene rings is 1. The Hall–Kier alpha value is -2.74. The van der Waals surface area contributed by atoms with Crippen LogP contribution in [0.3, 0.4) is 0 Å². The van der Waals surface area contributed by atoms with Gasteiger partial charge in [0.05, 0.1) is 22.9 Å². The summed E-state index contributed by atoms with van der Waals surface area (Å²) in [5.74, 6) is -0.440. The van der Waals surface area contributed by atoms with Crippen LogP contribution in [-0.4, -0.2) is 45.8 Å². The van der Waals surface area contributed by atoms with Gasteiger partial charge in [0.2, 0.25) is 0 Å². The van der Waals surface area contributed by atoms with Crippen LogP contribution in [0.25, 0.3) is 5.69 Å². The van der Waals surface area contributed by atoms with Gasteiger partial charge < -0.3 is 9.64 Å². The van der Waals surface area contributed by atoms with Gasteiger partial charge in [0.25, 0.3) is 5.69 Å². The number of likely N-dealkylation sites (N-methyl/N-ethyl adjacent to an activating group) is 1. The number of hydrogen-bond donors (Lipinski definition) is 0. The lowest BCUT2D eigenvalue weighted by Gasteiger charge is -2.23. The Balaban J connectivity index is 2.06. The molecule has 0 radical (unpaired) electrons. The van der Waals surface area contributed by atoms with E-state index in [4.69, 9.17) is 4.74 Å². The fourth-order valence-electron chi connectivity index (χ4n) is 2.85. The summed E-state index contributed by atoms with van der Waals surface area (Å²) in [6.45, 7) is 3.52. The highest BCUT2D eigenvalue weighted by molar-refractivity contribution is 5.89. The zero-order chi connectivity index (χ0) is 17.3. The Morgan fingerprint density at radius 1 is 1.38 bits per heavy atom. The van der Waals surface area contributed by atoms with E-state index in [1.165, 1.54) is 12.1 Å². The summed E-state index contributed by atoms with van der Waals surface area (Å²) in [4.78, 5) is 24.7. The summed E-state index contributed by atoms with van der Waals surface area (Å²) in [7, 11) is 1.99. The molecule has 0 bridgehead atoms. The van der Waals surface area contributed by atoms with Gasteiger partial charge >= 0.3 is 5.97 Å². The van der Waals surface area contributed by atoms with Crippen molar-refractivity contribution in [2.75, 3.05) is 20.2 Å². The number of rotatable bonds is 4. The second-order valence-electron chi connectivity index (χ2n) is 5.67. The topological polar surface area (TPSA) is 90.5 Å². The minimum Gasteiger partial charge on any atom is -0.461 e. The van der Waals surface area contributed by atoms with E-state index >= 15 is 0 Å². The van der Waals surface area contributed by atoms with E-state index in [-0.39, 0.29) is 12.3 Å². The smallest absolute Gasteiger partial charge is 0.359 e. The van der Waals surface area contributed by atoms with Gasteiger partial charge in [-0.15, -0.1) is 0 Å². The maximum Gasteiger partial charge on any atom is 0.359 e. The van der Waals surface area contributed by atoms with Crippen molar-refractivity contribution in [1.29, 1.82) is 0 Å². The molecule has 3 rings (SSSR count). The molecule has 0 aliphatic carbocycles. The standard InChI is InChI=1S/C16H18N4O4/c1-3-24-16(21)15-13-10-18(2)9-8-14(13)19(17-15)11-4-6-12(7-5-11)20(22)23/h4-7H,3,8-10H2,1-2H3. The third kappa shape index (κ3) is 2.88. The van der Waals surface area contributed by atoms with Gasteiger partial charge in [-0.2, -0.15) is 5.10 Å². The summed E-state index contributed by atoms with van der Waals surface area (Å²) in [6.07, 6.45) is 0.745. The summed E-state index contributed by atoms with van der Waals surface area (Å²) in [5, 5.41) is 15.2. The second kappa shape index (κ2) is 6.40. The number of carbonyl (C=O) groups is 1. The quantitative estimate of drug-likeness (QED) is 0.483. The molecule has 2 heterocycles. The normalized spacial score (nSPS) is 14.2. The van der Waals surface area contributed by atoms with Crippen LogP contribution in [0.2, 0.25) is 0 Å². The van der Waals surface area contributed by atoms with Crippen molar-refractivity contribution < 1.29 is 14.5 Å². The van der Waals surface area contributed by atoms with Crippen LogP contribution >= 0.6 is 0 Å². The molecule has 2 aromatic rings. The van der Waals surface area contributed by atoms with E-state index in [0.29, 0.717) is 17.9 Å². The predicted octanol–water partition coefficient (Wildman–Crippen LogP) is 1.95. The first-order valence-corrected chi connectivity index (χ1v) is 7.72. The van der Waals surface area contributed by atoms with Crippen LogP contribution in [-0.2, 0) is 17.7 Å². The number of esters is 1. The fourth-order valence-corrected chi connectivity index (χ4v) is 2.85. The van der Waals surface area contributed by atoms with Crippen molar-refractivity contribution >= 4 is 11.7 Å². The molecular weight excluding hydrogens is 312 g/mol. The molecule has 0 N–H and O–H groups in total. The highest BCUT2D eigenvalue weighted by Gasteiger charge is 2.28. The van der Waals surface area contributed by atoms with Crippen LogP contribution in [0.15, 0.2) is 24.3 Å². The van der Waals surface area contributed by atoms with E-state index in [9.17, 15) is 14.9 Å². The molecule has 0 atom stereocenters. The number of fused-ring (bicyclic) bond motifs is 1. The molecule has 24 heavy (non-hydrogen) atoms. The number of nitro groups is 1. The van der Waals surface area contributed by atoms with E-state index in [1.807, 2.05) is 7.05 Å². The fraction of sp³-hybridized carbons (Fsp3) is 0.375. The molecule has 1 aliphatic heterocycles. The Morgan fingerprint density at radius 2 is 2.08 bits per heavy atom. The molecule has 1 aromatic carbocycles. The van der Waals surface area contributed by atoms with Gasteiger partial charge in [-0.25, -0.2) is 9.48 Å². The molecule has 8 nitrogen and oxygen atoms in total. The highest BCUT2D eigenvalue weighted by atomic mass is 16.6. The molecule has 0 fully saturated rings. The summed E-state index contributed by atoms with van der Waals surface area (Å²) >= 11 is 0. The van der Waals surface area contributed by atoms with Gasteiger partial charge in [0, 0.05) is 37.2 Å². The van der Waals surface area contributed by atoms with Crippen molar-refractivity contribution in [2.45, 2.75) is 19.9 Å². The number of aromatic nitrogens is 2. The highest BCUT2D eigenvalue weighted by Crippen LogP contribution is 2.26. The third-order valence-electron chi connectivity index (χ3n) is 4.02. The van der Waals surface area contributed by atoms with Crippen molar-refractivity contribution in [3.63, 3.8) is 0 Å². The SMILES string of the molecule is CCOC(=O)c1nn(-c2ccc([N+](=O)[O-])cc2)c2c1CN(C)CC2. The zero-order valence-corrected chi connectivity index (χ0v) is 13.6. The first kappa shape index (κ1) is 16.1. The van der Waals surface area contributed by atoms with Crippen molar-refractivity contribution in [3.05, 3.63) is 51.3 Å². The molecule has 0 amide bonds. The van der Waals surface area contributed by atoms with Crippen LogP contribution in [0.5, 0.6) is 0 Å². The lowest BCUT2D eigenvalue weighted by molar-refractivity contribution is -0.384. The van der Waals surface area contributed by atoms with Crippen molar-refractivity contribution in [1.82, 2.24) is 14.7 Å². The van der Waals surface area contributed by atoms with E-state index in [1.54, 1.807) is 23.7 Å². The van der Waals surface area contributed by atoms with Crippen LogP contribution in [0.4, 0.5) is 5.69 Å². The molecule has 0 spiro atoms. The average Bonchev–Trinajstić information content (AvgIpc) is 2.94. The predicted molar refractivity (Wildman–Crippen MR) is 86.2 cm³/mol. The Kier molecular flexibility index (Phi) is 4.30. The minimum absolute atomic E-state index is 0.0186. The Labute approximate surface area is 138 Å². The molecule has 0 unspecified atom stereocenters. The van der Waals surface area contributed by atoms with Gasteiger partial charge in [0.15, 0.2) is 5.69 Å². The summed E-state index contributed by atoms with van der Waals surface area (Å²) in [6, 6.07) is 6.14. The monoisotopic (exact) mass is 330 g/mol.